The van der Waals surface area contributed by atoms with Crippen LogP contribution in [0.25, 0.3) is 0 Å². The Balaban J connectivity index is 0.00000420. The Morgan fingerprint density at radius 3 is 2.44 bits per heavy atom. The quantitative estimate of drug-likeness (QED) is 0.330. The Kier molecular flexibility index (Phi) is 11.7. The average molecular weight is 585 g/mol. The van der Waals surface area contributed by atoms with E-state index in [4.69, 9.17) is 11.6 Å². The fourth-order valence-corrected chi connectivity index (χ4v) is 5.96. The molecule has 2 aliphatic rings. The summed E-state index contributed by atoms with van der Waals surface area (Å²) in [6.07, 6.45) is 4.04. The molecule has 2 aromatic carbocycles. The first-order valence-electron chi connectivity index (χ1n) is 13.3. The molecule has 2 heterocycles. The Labute approximate surface area is 240 Å². The molecule has 5 nitrogen and oxygen atoms in total. The van der Waals surface area contributed by atoms with E-state index >= 15 is 0 Å². The normalized spacial score (nSPS) is 17.5. The summed E-state index contributed by atoms with van der Waals surface area (Å²) in [4.78, 5) is 19.6. The number of carbonyl (C=O) groups excluding carboxylic acids is 1. The van der Waals surface area contributed by atoms with Gasteiger partial charge >= 0.3 is 5.51 Å². The number of thioether (sulfide) groups is 1. The van der Waals surface area contributed by atoms with E-state index in [-0.39, 0.29) is 41.1 Å². The summed E-state index contributed by atoms with van der Waals surface area (Å²) in [7, 11) is 0. The molecular formula is C29H40ClF3N4OS. The van der Waals surface area contributed by atoms with Gasteiger partial charge < -0.3 is 20.0 Å². The van der Waals surface area contributed by atoms with E-state index in [1.165, 1.54) is 23.4 Å². The predicted octanol–water partition coefficient (Wildman–Crippen LogP) is 7.29. The van der Waals surface area contributed by atoms with Gasteiger partial charge in [-0.1, -0.05) is 36.7 Å². The molecule has 0 radical (unpaired) electrons. The molecule has 0 atom stereocenters. The second kappa shape index (κ2) is 14.5. The molecule has 1 N–H and O–H groups in total. The van der Waals surface area contributed by atoms with Crippen LogP contribution in [0.4, 0.5) is 24.5 Å². The molecule has 4 rings (SSSR count). The molecule has 0 aromatic heterocycles. The number of piperidine rings is 1. The second-order valence-electron chi connectivity index (χ2n) is 10.1. The van der Waals surface area contributed by atoms with E-state index in [1.54, 1.807) is 6.07 Å². The van der Waals surface area contributed by atoms with E-state index in [9.17, 15) is 18.0 Å². The van der Waals surface area contributed by atoms with Gasteiger partial charge in [-0.05, 0) is 87.8 Å². The van der Waals surface area contributed by atoms with Crippen LogP contribution < -0.4 is 10.2 Å². The lowest BCUT2D eigenvalue weighted by Gasteiger charge is -2.33. The molecule has 2 aromatic rings. The second-order valence-corrected chi connectivity index (χ2v) is 11.6. The maximum absolute atomic E-state index is 12.8. The zero-order valence-electron chi connectivity index (χ0n) is 21.8. The van der Waals surface area contributed by atoms with Gasteiger partial charge in [0.25, 0.3) is 0 Å². The average Bonchev–Trinajstić information content (AvgIpc) is 3.12. The van der Waals surface area contributed by atoms with Crippen molar-refractivity contribution in [1.82, 2.24) is 9.80 Å². The SMILES string of the molecule is C.Cc1ccc(N2CCCN(CCCC(=O)N3CCC(Nc4ccc(Cl)c(SC(F)(F)F)c4)CC3)CC2)cc1. The third-order valence-corrected chi connectivity index (χ3v) is 8.46. The van der Waals surface area contributed by atoms with Crippen LogP contribution in [-0.4, -0.2) is 73.1 Å². The van der Waals surface area contributed by atoms with Gasteiger partial charge in [-0.3, -0.25) is 4.79 Å². The number of alkyl halides is 3. The minimum absolute atomic E-state index is 0. The molecule has 2 fully saturated rings. The lowest BCUT2D eigenvalue weighted by Crippen LogP contribution is -2.42. The number of nitrogens with one attached hydrogen (secondary N) is 1. The highest BCUT2D eigenvalue weighted by molar-refractivity contribution is 8.00. The van der Waals surface area contributed by atoms with Crippen molar-refractivity contribution in [3.05, 3.63) is 53.1 Å². The fraction of sp³-hybridized carbons (Fsp3) is 0.552. The van der Waals surface area contributed by atoms with Crippen LogP contribution >= 0.6 is 23.4 Å². The van der Waals surface area contributed by atoms with Crippen molar-refractivity contribution in [2.45, 2.75) is 62.9 Å². The van der Waals surface area contributed by atoms with Crippen molar-refractivity contribution < 1.29 is 18.0 Å². The topological polar surface area (TPSA) is 38.8 Å². The number of amides is 1. The summed E-state index contributed by atoms with van der Waals surface area (Å²) in [5, 5.41) is 3.40. The van der Waals surface area contributed by atoms with Crippen LogP contribution in [0, 0.1) is 6.92 Å². The number of carbonyl (C=O) groups is 1. The van der Waals surface area contributed by atoms with Crippen molar-refractivity contribution in [2.24, 2.45) is 0 Å². The zero-order valence-corrected chi connectivity index (χ0v) is 23.3. The zero-order chi connectivity index (χ0) is 27.1. The maximum Gasteiger partial charge on any atom is 0.446 e. The van der Waals surface area contributed by atoms with Gasteiger partial charge in [0.05, 0.1) is 5.02 Å². The molecule has 0 spiro atoms. The molecule has 10 heteroatoms. The summed E-state index contributed by atoms with van der Waals surface area (Å²) in [6.45, 7) is 8.47. The Bertz CT molecular complexity index is 1060. The predicted molar refractivity (Wildman–Crippen MR) is 157 cm³/mol. The molecule has 216 valence electrons. The highest BCUT2D eigenvalue weighted by Gasteiger charge is 2.30. The van der Waals surface area contributed by atoms with Crippen molar-refractivity contribution in [1.29, 1.82) is 0 Å². The summed E-state index contributed by atoms with van der Waals surface area (Å²) in [6, 6.07) is 13.5. The highest BCUT2D eigenvalue weighted by Crippen LogP contribution is 2.41. The van der Waals surface area contributed by atoms with Gasteiger partial charge in [0.1, 0.15) is 0 Å². The molecule has 39 heavy (non-hydrogen) atoms. The third-order valence-electron chi connectivity index (χ3n) is 7.23. The summed E-state index contributed by atoms with van der Waals surface area (Å²) >= 11 is 5.73. The Morgan fingerprint density at radius 2 is 1.74 bits per heavy atom. The molecule has 0 aliphatic carbocycles. The maximum atomic E-state index is 12.8. The first kappa shape index (κ1) is 31.4. The highest BCUT2D eigenvalue weighted by atomic mass is 35.5. The number of hydrogen-bond donors (Lipinski definition) is 1. The number of halogens is 4. The molecule has 2 saturated heterocycles. The van der Waals surface area contributed by atoms with Crippen LogP contribution in [0.15, 0.2) is 47.4 Å². The number of anilines is 2. The number of rotatable bonds is 8. The van der Waals surface area contributed by atoms with Gasteiger partial charge in [0, 0.05) is 61.5 Å². The number of nitrogens with zero attached hydrogens (tertiary/aromatic N) is 3. The Hall–Kier alpha value is -2.10. The number of hydrogen-bond acceptors (Lipinski definition) is 5. The number of likely N-dealkylation sites (tertiary alicyclic amines) is 1. The van der Waals surface area contributed by atoms with E-state index in [1.807, 2.05) is 4.90 Å². The van der Waals surface area contributed by atoms with Crippen LogP contribution in [0.3, 0.4) is 0 Å². The van der Waals surface area contributed by atoms with Gasteiger partial charge in [0.2, 0.25) is 5.91 Å². The van der Waals surface area contributed by atoms with Gasteiger partial charge in [-0.2, -0.15) is 13.2 Å². The largest absolute Gasteiger partial charge is 0.446 e. The summed E-state index contributed by atoms with van der Waals surface area (Å²) < 4.78 is 38.3. The van der Waals surface area contributed by atoms with E-state index in [0.717, 1.165) is 58.4 Å². The molecule has 0 saturated carbocycles. The van der Waals surface area contributed by atoms with Crippen molar-refractivity contribution in [3.63, 3.8) is 0 Å². The Morgan fingerprint density at radius 1 is 1.03 bits per heavy atom. The van der Waals surface area contributed by atoms with Crippen LogP contribution in [0.1, 0.15) is 45.1 Å². The number of aryl methyl sites for hydroxylation is 1. The van der Waals surface area contributed by atoms with E-state index < -0.39 is 5.51 Å². The van der Waals surface area contributed by atoms with Crippen molar-refractivity contribution in [2.75, 3.05) is 56.0 Å². The van der Waals surface area contributed by atoms with Crippen LogP contribution in [0.5, 0.6) is 0 Å². The molecule has 0 bridgehead atoms. The summed E-state index contributed by atoms with van der Waals surface area (Å²) in [5.74, 6) is 0.190. The van der Waals surface area contributed by atoms with E-state index in [2.05, 4.69) is 46.3 Å². The first-order valence-corrected chi connectivity index (χ1v) is 14.5. The van der Waals surface area contributed by atoms with Gasteiger partial charge in [-0.25, -0.2) is 0 Å². The third kappa shape index (κ3) is 9.80. The molecule has 0 unspecified atom stereocenters. The smallest absolute Gasteiger partial charge is 0.382 e. The molecule has 2 aliphatic heterocycles. The lowest BCUT2D eigenvalue weighted by molar-refractivity contribution is -0.132. The van der Waals surface area contributed by atoms with E-state index in [0.29, 0.717) is 25.2 Å². The van der Waals surface area contributed by atoms with Gasteiger partial charge in [-0.15, -0.1) is 0 Å². The monoisotopic (exact) mass is 584 g/mol. The van der Waals surface area contributed by atoms with Crippen molar-refractivity contribution in [3.8, 4) is 0 Å². The lowest BCUT2D eigenvalue weighted by atomic mass is 10.0. The fourth-order valence-electron chi connectivity index (χ4n) is 5.13. The minimum atomic E-state index is -4.39. The van der Waals surface area contributed by atoms with Crippen LogP contribution in [-0.2, 0) is 4.79 Å². The summed E-state index contributed by atoms with van der Waals surface area (Å²) in [5.41, 5.74) is -1.22. The first-order chi connectivity index (χ1) is 18.2. The number of benzene rings is 2. The standard InChI is InChI=1S/C28H36ClF3N4OS.CH4/c1-21-5-8-24(9-6-21)35-15-3-14-34(18-19-35)13-2-4-27(37)36-16-11-22(12-17-36)33-23-7-10-25(29)26(20-23)38-28(30,31)32;/h5-10,20,22,33H,2-4,11-19H2,1H3;1H4. The van der Waals surface area contributed by atoms with Gasteiger partial charge in [0.15, 0.2) is 0 Å². The molecule has 1 amide bonds. The molecular weight excluding hydrogens is 545 g/mol. The minimum Gasteiger partial charge on any atom is -0.382 e. The van der Waals surface area contributed by atoms with Crippen molar-refractivity contribution >= 4 is 40.6 Å². The van der Waals surface area contributed by atoms with Crippen LogP contribution in [0.2, 0.25) is 5.02 Å².